The maximum Gasteiger partial charge on any atom is 0.0581 e. The van der Waals surface area contributed by atoms with Crippen LogP contribution in [0.1, 0.15) is 5.56 Å². The van der Waals surface area contributed by atoms with Crippen molar-refractivity contribution in [2.75, 3.05) is 0 Å². The summed E-state index contributed by atoms with van der Waals surface area (Å²) in [4.78, 5) is 0. The summed E-state index contributed by atoms with van der Waals surface area (Å²) in [6.45, 7) is 2.16. The van der Waals surface area contributed by atoms with E-state index >= 15 is 0 Å². The molecule has 1 radical (unpaired) electrons. The second kappa shape index (κ2) is 3.94. The van der Waals surface area contributed by atoms with Gasteiger partial charge in [-0.15, -0.1) is 0 Å². The molecule has 0 aliphatic heterocycles. The van der Waals surface area contributed by atoms with Gasteiger partial charge in [0.15, 0.2) is 0 Å². The van der Waals surface area contributed by atoms with Gasteiger partial charge < -0.3 is 4.57 Å². The summed E-state index contributed by atoms with van der Waals surface area (Å²) in [5.74, 6) is 0. The fraction of sp³-hybridized carbons (Fsp3) is 0.0833. The first-order valence-electron chi connectivity index (χ1n) is 4.45. The van der Waals surface area contributed by atoms with Crippen LogP contribution >= 0.6 is 0 Å². The molecule has 1 nitrogen and oxygen atoms in total. The fourth-order valence-electron chi connectivity index (χ4n) is 1.29. The van der Waals surface area contributed by atoms with Crippen LogP contribution < -0.4 is 0 Å². The lowest BCUT2D eigenvalue weighted by Gasteiger charge is -2.01. The zero-order chi connectivity index (χ0) is 8.93. The Kier molecular flexibility index (Phi) is 2.46. The Labute approximate surface area is 78.6 Å². The van der Waals surface area contributed by atoms with E-state index in [1.165, 1.54) is 5.56 Å². The second-order valence-corrected chi connectivity index (χ2v) is 3.00. The largest absolute Gasteiger partial charge is 0.349 e. The van der Waals surface area contributed by atoms with Crippen molar-refractivity contribution in [2.24, 2.45) is 0 Å². The van der Waals surface area contributed by atoms with Crippen LogP contribution in [0.3, 0.4) is 0 Å². The molecule has 0 atom stereocenters. The van der Waals surface area contributed by atoms with Crippen LogP contribution in [0.4, 0.5) is 0 Å². The zero-order valence-electron chi connectivity index (χ0n) is 7.43. The minimum absolute atomic E-state index is 0.982. The summed E-state index contributed by atoms with van der Waals surface area (Å²) < 4.78 is 2.08. The molecule has 0 unspecified atom stereocenters. The Morgan fingerprint density at radius 2 is 1.62 bits per heavy atom. The highest BCUT2D eigenvalue weighted by Crippen LogP contribution is 2.03. The highest BCUT2D eigenvalue weighted by atomic mass is 14.9. The standard InChI is InChI=1S/C12H12N/c1-2-6-12(7-3-1)8-11-13-9-4-5-10-13/h1-7,9-11H,8H2. The Hall–Kier alpha value is -1.50. The fourth-order valence-corrected chi connectivity index (χ4v) is 1.29. The average Bonchev–Trinajstić information content (AvgIpc) is 2.69. The van der Waals surface area contributed by atoms with Gasteiger partial charge in [-0.05, 0) is 24.1 Å². The molecule has 1 aromatic heterocycles. The topological polar surface area (TPSA) is 4.93 Å². The Bertz CT molecular complexity index is 335. The normalized spacial score (nSPS) is 10.2. The van der Waals surface area contributed by atoms with E-state index in [2.05, 4.69) is 35.4 Å². The molecule has 65 valence electrons. The van der Waals surface area contributed by atoms with Gasteiger partial charge in [0.25, 0.3) is 0 Å². The zero-order valence-corrected chi connectivity index (χ0v) is 7.43. The molecule has 1 heteroatoms. The molecule has 0 aliphatic carbocycles. The molecule has 1 aromatic carbocycles. The third-order valence-electron chi connectivity index (χ3n) is 2.01. The lowest BCUT2D eigenvalue weighted by Crippen LogP contribution is -1.94. The van der Waals surface area contributed by atoms with Crippen molar-refractivity contribution in [1.29, 1.82) is 0 Å². The summed E-state index contributed by atoms with van der Waals surface area (Å²) in [7, 11) is 0. The number of aromatic nitrogens is 1. The number of hydrogen-bond donors (Lipinski definition) is 0. The van der Waals surface area contributed by atoms with Crippen molar-refractivity contribution in [3.63, 3.8) is 0 Å². The third-order valence-corrected chi connectivity index (χ3v) is 2.01. The minimum Gasteiger partial charge on any atom is -0.349 e. The van der Waals surface area contributed by atoms with Gasteiger partial charge in [0.05, 0.1) is 6.54 Å². The molecule has 0 saturated heterocycles. The van der Waals surface area contributed by atoms with E-state index in [1.54, 1.807) is 0 Å². The molecule has 0 N–H and O–H groups in total. The van der Waals surface area contributed by atoms with Gasteiger partial charge >= 0.3 is 0 Å². The highest BCUT2D eigenvalue weighted by molar-refractivity contribution is 5.16. The Morgan fingerprint density at radius 3 is 2.31 bits per heavy atom. The predicted octanol–water partition coefficient (Wildman–Crippen LogP) is 2.74. The van der Waals surface area contributed by atoms with E-state index in [-0.39, 0.29) is 0 Å². The molecular formula is C12H12N. The molecule has 13 heavy (non-hydrogen) atoms. The number of benzene rings is 1. The van der Waals surface area contributed by atoms with E-state index in [4.69, 9.17) is 0 Å². The number of nitrogens with zero attached hydrogens (tertiary/aromatic N) is 1. The Morgan fingerprint density at radius 1 is 0.923 bits per heavy atom. The molecule has 0 amide bonds. The quantitative estimate of drug-likeness (QED) is 0.667. The maximum absolute atomic E-state index is 2.16. The first-order valence-corrected chi connectivity index (χ1v) is 4.45. The van der Waals surface area contributed by atoms with Crippen molar-refractivity contribution in [3.8, 4) is 0 Å². The maximum atomic E-state index is 2.16. The van der Waals surface area contributed by atoms with E-state index in [0.29, 0.717) is 0 Å². The molecule has 1 heterocycles. The van der Waals surface area contributed by atoms with Gasteiger partial charge in [-0.25, -0.2) is 0 Å². The minimum atomic E-state index is 0.982. The van der Waals surface area contributed by atoms with E-state index < -0.39 is 0 Å². The van der Waals surface area contributed by atoms with E-state index in [1.807, 2.05) is 30.6 Å². The van der Waals surface area contributed by atoms with Gasteiger partial charge in [-0.1, -0.05) is 30.3 Å². The summed E-state index contributed by atoms with van der Waals surface area (Å²) in [6.07, 6.45) is 5.07. The van der Waals surface area contributed by atoms with Crippen molar-refractivity contribution >= 4 is 0 Å². The second-order valence-electron chi connectivity index (χ2n) is 3.00. The molecule has 0 aliphatic rings. The van der Waals surface area contributed by atoms with E-state index in [0.717, 1.165) is 6.42 Å². The van der Waals surface area contributed by atoms with Crippen LogP contribution in [0, 0.1) is 6.54 Å². The highest BCUT2D eigenvalue weighted by Gasteiger charge is 1.92. The van der Waals surface area contributed by atoms with Crippen LogP contribution in [0.25, 0.3) is 0 Å². The van der Waals surface area contributed by atoms with E-state index in [9.17, 15) is 0 Å². The van der Waals surface area contributed by atoms with Gasteiger partial charge in [-0.3, -0.25) is 0 Å². The third kappa shape index (κ3) is 2.22. The molecule has 2 aromatic rings. The number of rotatable bonds is 3. The van der Waals surface area contributed by atoms with Crippen LogP contribution in [0.2, 0.25) is 0 Å². The van der Waals surface area contributed by atoms with Gasteiger partial charge in [0, 0.05) is 12.4 Å². The number of hydrogen-bond acceptors (Lipinski definition) is 0. The van der Waals surface area contributed by atoms with Gasteiger partial charge in [-0.2, -0.15) is 0 Å². The van der Waals surface area contributed by atoms with Crippen LogP contribution in [0.5, 0.6) is 0 Å². The first-order chi connectivity index (χ1) is 6.45. The van der Waals surface area contributed by atoms with Crippen molar-refractivity contribution < 1.29 is 0 Å². The molecule has 2 rings (SSSR count). The Balaban J connectivity index is 1.94. The first kappa shape index (κ1) is 8.11. The summed E-state index contributed by atoms with van der Waals surface area (Å²) in [5.41, 5.74) is 1.34. The smallest absolute Gasteiger partial charge is 0.0581 e. The molecular weight excluding hydrogens is 158 g/mol. The van der Waals surface area contributed by atoms with Crippen LogP contribution in [0.15, 0.2) is 54.9 Å². The van der Waals surface area contributed by atoms with Gasteiger partial charge in [0.2, 0.25) is 0 Å². The van der Waals surface area contributed by atoms with Crippen molar-refractivity contribution in [2.45, 2.75) is 6.42 Å². The van der Waals surface area contributed by atoms with Crippen LogP contribution in [-0.2, 0) is 6.42 Å². The molecule has 0 fully saturated rings. The SMILES string of the molecule is [CH](Cc1ccccc1)n1cccc1. The predicted molar refractivity (Wildman–Crippen MR) is 54.3 cm³/mol. The van der Waals surface area contributed by atoms with Crippen molar-refractivity contribution in [3.05, 3.63) is 67.0 Å². The molecule has 0 bridgehead atoms. The summed E-state index contributed by atoms with van der Waals surface area (Å²) in [5, 5.41) is 0. The van der Waals surface area contributed by atoms with Crippen LogP contribution in [-0.4, -0.2) is 4.57 Å². The summed E-state index contributed by atoms with van der Waals surface area (Å²) >= 11 is 0. The molecule has 0 spiro atoms. The summed E-state index contributed by atoms with van der Waals surface area (Å²) in [6, 6.07) is 14.5. The lowest BCUT2D eigenvalue weighted by molar-refractivity contribution is 0.902. The lowest BCUT2D eigenvalue weighted by atomic mass is 10.1. The average molecular weight is 170 g/mol. The van der Waals surface area contributed by atoms with Crippen molar-refractivity contribution in [1.82, 2.24) is 4.57 Å². The molecule has 0 saturated carbocycles. The van der Waals surface area contributed by atoms with Gasteiger partial charge in [0.1, 0.15) is 0 Å². The monoisotopic (exact) mass is 170 g/mol.